The molecule has 0 heterocycles. The fourth-order valence-electron chi connectivity index (χ4n) is 1.74. The average molecular weight is 253 g/mol. The van der Waals surface area contributed by atoms with Crippen molar-refractivity contribution >= 4 is 5.69 Å². The molecule has 2 N–H and O–H groups in total. The van der Waals surface area contributed by atoms with Crippen molar-refractivity contribution in [3.8, 4) is 23.8 Å². The summed E-state index contributed by atoms with van der Waals surface area (Å²) in [7, 11) is 1.57. The number of hydrogen-bond acceptors (Lipinski definition) is 3. The Morgan fingerprint density at radius 3 is 2.79 bits per heavy atom. The molecule has 0 aliphatic rings. The largest absolute Gasteiger partial charge is 0.507 e. The number of aromatic hydroxyl groups is 1. The normalized spacial score (nSPS) is 9.68. The van der Waals surface area contributed by atoms with Crippen molar-refractivity contribution < 1.29 is 9.84 Å². The van der Waals surface area contributed by atoms with Gasteiger partial charge in [0, 0.05) is 29.4 Å². The fraction of sp³-hybridized carbons (Fsp3) is 0.125. The Bertz CT molecular complexity index is 614. The van der Waals surface area contributed by atoms with Crippen LogP contribution in [0.15, 0.2) is 42.5 Å². The minimum Gasteiger partial charge on any atom is -0.507 e. The molecule has 0 radical (unpaired) electrons. The zero-order valence-corrected chi connectivity index (χ0v) is 10.7. The number of rotatable bonds is 4. The van der Waals surface area contributed by atoms with Crippen molar-refractivity contribution in [2.75, 3.05) is 12.4 Å². The lowest BCUT2D eigenvalue weighted by Crippen LogP contribution is -2.00. The molecular weight excluding hydrogens is 238 g/mol. The van der Waals surface area contributed by atoms with Gasteiger partial charge in [0.05, 0.1) is 7.11 Å². The smallest absolute Gasteiger partial charge is 0.124 e. The Morgan fingerprint density at radius 1 is 1.26 bits per heavy atom. The molecule has 3 nitrogen and oxygen atoms in total. The van der Waals surface area contributed by atoms with Crippen molar-refractivity contribution in [2.45, 2.75) is 6.54 Å². The summed E-state index contributed by atoms with van der Waals surface area (Å²) in [6, 6.07) is 12.8. The Hall–Kier alpha value is -2.60. The van der Waals surface area contributed by atoms with Crippen molar-refractivity contribution in [3.05, 3.63) is 53.6 Å². The molecule has 3 heteroatoms. The molecule has 0 bridgehead atoms. The van der Waals surface area contributed by atoms with Gasteiger partial charge in [-0.3, -0.25) is 0 Å². The zero-order valence-electron chi connectivity index (χ0n) is 10.7. The van der Waals surface area contributed by atoms with Gasteiger partial charge in [-0.1, -0.05) is 12.0 Å². The van der Waals surface area contributed by atoms with Crippen molar-refractivity contribution in [3.63, 3.8) is 0 Å². The number of hydrogen-bond donors (Lipinski definition) is 2. The lowest BCUT2D eigenvalue weighted by atomic mass is 10.1. The maximum absolute atomic E-state index is 9.85. The number of benzene rings is 2. The van der Waals surface area contributed by atoms with E-state index >= 15 is 0 Å². The summed E-state index contributed by atoms with van der Waals surface area (Å²) in [5.74, 6) is 3.43. The first-order valence-corrected chi connectivity index (χ1v) is 5.89. The third-order valence-electron chi connectivity index (χ3n) is 2.80. The van der Waals surface area contributed by atoms with E-state index in [2.05, 4.69) is 11.2 Å². The standard InChI is InChI=1S/C16H15NO2/c1-3-12-5-4-6-14(9-12)17-11-13-7-8-15(19-2)10-16(13)18/h1,4-10,17-18H,11H2,2H3. The second-order valence-corrected chi connectivity index (χ2v) is 4.07. The van der Waals surface area contributed by atoms with Gasteiger partial charge in [-0.15, -0.1) is 6.42 Å². The maximum Gasteiger partial charge on any atom is 0.124 e. The van der Waals surface area contributed by atoms with Crippen LogP contribution >= 0.6 is 0 Å². The summed E-state index contributed by atoms with van der Waals surface area (Å²) in [5.41, 5.74) is 2.54. The molecule has 2 rings (SSSR count). The third-order valence-corrected chi connectivity index (χ3v) is 2.80. The van der Waals surface area contributed by atoms with Gasteiger partial charge in [0.1, 0.15) is 11.5 Å². The minimum absolute atomic E-state index is 0.208. The molecule has 0 saturated heterocycles. The number of ether oxygens (including phenoxy) is 1. The Balaban J connectivity index is 2.08. The summed E-state index contributed by atoms with van der Waals surface area (Å²) in [6.07, 6.45) is 5.35. The lowest BCUT2D eigenvalue weighted by molar-refractivity contribution is 0.406. The van der Waals surface area contributed by atoms with Gasteiger partial charge in [-0.05, 0) is 30.3 Å². The van der Waals surface area contributed by atoms with E-state index in [-0.39, 0.29) is 5.75 Å². The van der Waals surface area contributed by atoms with Gasteiger partial charge in [0.25, 0.3) is 0 Å². The van der Waals surface area contributed by atoms with Gasteiger partial charge in [0.15, 0.2) is 0 Å². The highest BCUT2D eigenvalue weighted by Crippen LogP contribution is 2.24. The highest BCUT2D eigenvalue weighted by molar-refractivity contribution is 5.51. The monoisotopic (exact) mass is 253 g/mol. The van der Waals surface area contributed by atoms with E-state index < -0.39 is 0 Å². The van der Waals surface area contributed by atoms with Gasteiger partial charge in [0.2, 0.25) is 0 Å². The maximum atomic E-state index is 9.85. The summed E-state index contributed by atoms with van der Waals surface area (Å²) >= 11 is 0. The fourth-order valence-corrected chi connectivity index (χ4v) is 1.74. The van der Waals surface area contributed by atoms with E-state index in [4.69, 9.17) is 11.2 Å². The predicted molar refractivity (Wildman–Crippen MR) is 76.4 cm³/mol. The van der Waals surface area contributed by atoms with Crippen molar-refractivity contribution in [2.24, 2.45) is 0 Å². The molecule has 2 aromatic carbocycles. The Morgan fingerprint density at radius 2 is 2.11 bits per heavy atom. The SMILES string of the molecule is C#Cc1cccc(NCc2ccc(OC)cc2O)c1. The molecule has 0 unspecified atom stereocenters. The molecule has 0 aliphatic carbocycles. The van der Waals surface area contributed by atoms with Crippen LogP contribution in [0.25, 0.3) is 0 Å². The molecule has 0 aromatic heterocycles. The average Bonchev–Trinajstić information content (AvgIpc) is 2.46. The quantitative estimate of drug-likeness (QED) is 0.823. The van der Waals surface area contributed by atoms with Crippen LogP contribution in [0.3, 0.4) is 0 Å². The Kier molecular flexibility index (Phi) is 3.94. The molecule has 0 fully saturated rings. The van der Waals surface area contributed by atoms with E-state index in [0.717, 1.165) is 16.8 Å². The lowest BCUT2D eigenvalue weighted by Gasteiger charge is -2.09. The molecule has 0 spiro atoms. The summed E-state index contributed by atoms with van der Waals surface area (Å²) in [5, 5.41) is 13.1. The molecule has 0 atom stereocenters. The topological polar surface area (TPSA) is 41.5 Å². The zero-order chi connectivity index (χ0) is 13.7. The second-order valence-electron chi connectivity index (χ2n) is 4.07. The number of phenols is 1. The molecule has 0 aliphatic heterocycles. The number of phenolic OH excluding ortho intramolecular Hbond substituents is 1. The van der Waals surface area contributed by atoms with Crippen LogP contribution in [-0.2, 0) is 6.54 Å². The van der Waals surface area contributed by atoms with Crippen LogP contribution < -0.4 is 10.1 Å². The summed E-state index contributed by atoms with van der Waals surface area (Å²) in [6.45, 7) is 0.518. The predicted octanol–water partition coefficient (Wildman–Crippen LogP) is 2.99. The number of nitrogens with one attached hydrogen (secondary N) is 1. The van der Waals surface area contributed by atoms with E-state index in [9.17, 15) is 5.11 Å². The third kappa shape index (κ3) is 3.20. The second kappa shape index (κ2) is 5.83. The van der Waals surface area contributed by atoms with Crippen molar-refractivity contribution in [1.82, 2.24) is 0 Å². The number of anilines is 1. The first-order chi connectivity index (χ1) is 9.22. The van der Waals surface area contributed by atoms with Crippen LogP contribution in [0, 0.1) is 12.3 Å². The van der Waals surface area contributed by atoms with Crippen LogP contribution in [0.2, 0.25) is 0 Å². The van der Waals surface area contributed by atoms with E-state index in [0.29, 0.717) is 12.3 Å². The highest BCUT2D eigenvalue weighted by Gasteiger charge is 2.03. The summed E-state index contributed by atoms with van der Waals surface area (Å²) in [4.78, 5) is 0. The van der Waals surface area contributed by atoms with Crippen LogP contribution in [0.1, 0.15) is 11.1 Å². The Labute approximate surface area is 112 Å². The van der Waals surface area contributed by atoms with E-state index in [1.54, 1.807) is 13.2 Å². The first kappa shape index (κ1) is 12.8. The van der Waals surface area contributed by atoms with Gasteiger partial charge in [-0.25, -0.2) is 0 Å². The molecule has 0 saturated carbocycles. The summed E-state index contributed by atoms with van der Waals surface area (Å²) < 4.78 is 5.04. The van der Waals surface area contributed by atoms with Gasteiger partial charge in [-0.2, -0.15) is 0 Å². The highest BCUT2D eigenvalue weighted by atomic mass is 16.5. The van der Waals surface area contributed by atoms with Crippen LogP contribution in [0.4, 0.5) is 5.69 Å². The van der Waals surface area contributed by atoms with Crippen molar-refractivity contribution in [1.29, 1.82) is 0 Å². The first-order valence-electron chi connectivity index (χ1n) is 5.89. The number of methoxy groups -OCH3 is 1. The van der Waals surface area contributed by atoms with E-state index in [1.165, 1.54) is 0 Å². The molecule has 2 aromatic rings. The molecule has 19 heavy (non-hydrogen) atoms. The van der Waals surface area contributed by atoms with Gasteiger partial charge < -0.3 is 15.2 Å². The van der Waals surface area contributed by atoms with Crippen LogP contribution in [0.5, 0.6) is 11.5 Å². The van der Waals surface area contributed by atoms with E-state index in [1.807, 2.05) is 36.4 Å². The number of terminal acetylenes is 1. The van der Waals surface area contributed by atoms with Crippen LogP contribution in [-0.4, -0.2) is 12.2 Å². The minimum atomic E-state index is 0.208. The molecule has 0 amide bonds. The molecular formula is C16H15NO2. The molecule has 96 valence electrons. The van der Waals surface area contributed by atoms with Gasteiger partial charge >= 0.3 is 0 Å².